The molecule has 0 amide bonds. The van der Waals surface area contributed by atoms with Gasteiger partial charge < -0.3 is 10.2 Å². The van der Waals surface area contributed by atoms with Gasteiger partial charge in [0, 0.05) is 23.4 Å². The highest BCUT2D eigenvalue weighted by Gasteiger charge is 2.10. The van der Waals surface area contributed by atoms with Gasteiger partial charge in [0.05, 0.1) is 0 Å². The minimum atomic E-state index is -0.674. The number of nitrogens with two attached hydrogens (primary N) is 1. The van der Waals surface area contributed by atoms with Crippen LogP contribution in [-0.4, -0.2) is 4.98 Å². The highest BCUT2D eigenvalue weighted by Crippen LogP contribution is 2.26. The second kappa shape index (κ2) is 3.80. The SMILES string of the molecule is Nc1ccc2nc(-c3cc(F)cc(F)c3)oc2c1. The number of hydrogen-bond acceptors (Lipinski definition) is 3. The van der Waals surface area contributed by atoms with Crippen molar-refractivity contribution >= 4 is 16.8 Å². The van der Waals surface area contributed by atoms with Crippen molar-refractivity contribution in [2.24, 2.45) is 0 Å². The van der Waals surface area contributed by atoms with Crippen molar-refractivity contribution in [2.75, 3.05) is 5.73 Å². The maximum atomic E-state index is 13.1. The van der Waals surface area contributed by atoms with Gasteiger partial charge in [-0.3, -0.25) is 0 Å². The van der Waals surface area contributed by atoms with Gasteiger partial charge in [0.15, 0.2) is 5.58 Å². The summed E-state index contributed by atoms with van der Waals surface area (Å²) in [5, 5.41) is 0. The van der Waals surface area contributed by atoms with E-state index in [0.717, 1.165) is 18.2 Å². The summed E-state index contributed by atoms with van der Waals surface area (Å²) in [6, 6.07) is 8.11. The summed E-state index contributed by atoms with van der Waals surface area (Å²) in [6.07, 6.45) is 0. The van der Waals surface area contributed by atoms with Crippen LogP contribution in [0.1, 0.15) is 0 Å². The molecule has 3 aromatic rings. The van der Waals surface area contributed by atoms with Crippen molar-refractivity contribution in [2.45, 2.75) is 0 Å². The van der Waals surface area contributed by atoms with Crippen molar-refractivity contribution in [3.05, 3.63) is 48.0 Å². The third-order valence-corrected chi connectivity index (χ3v) is 2.52. The summed E-state index contributed by atoms with van der Waals surface area (Å²) in [4.78, 5) is 4.15. The average Bonchev–Trinajstić information content (AvgIpc) is 2.70. The number of nitrogen functional groups attached to an aromatic ring is 1. The molecule has 0 spiro atoms. The van der Waals surface area contributed by atoms with Crippen molar-refractivity contribution in [3.63, 3.8) is 0 Å². The van der Waals surface area contributed by atoms with Crippen LogP contribution in [0.15, 0.2) is 40.8 Å². The van der Waals surface area contributed by atoms with Crippen LogP contribution in [0.2, 0.25) is 0 Å². The van der Waals surface area contributed by atoms with Gasteiger partial charge in [0.1, 0.15) is 17.2 Å². The van der Waals surface area contributed by atoms with Crippen LogP contribution < -0.4 is 5.73 Å². The topological polar surface area (TPSA) is 52.0 Å². The van der Waals surface area contributed by atoms with E-state index >= 15 is 0 Å². The van der Waals surface area contributed by atoms with Crippen LogP contribution in [-0.2, 0) is 0 Å². The first-order chi connectivity index (χ1) is 8.61. The molecule has 0 aliphatic rings. The first-order valence-electron chi connectivity index (χ1n) is 5.24. The van der Waals surface area contributed by atoms with Crippen LogP contribution in [0.3, 0.4) is 0 Å². The number of fused-ring (bicyclic) bond motifs is 1. The number of oxazole rings is 1. The number of hydrogen-bond donors (Lipinski definition) is 1. The molecule has 1 heterocycles. The summed E-state index contributed by atoms with van der Waals surface area (Å²) in [5.41, 5.74) is 7.47. The van der Waals surface area contributed by atoms with E-state index in [1.807, 2.05) is 0 Å². The molecule has 0 saturated carbocycles. The number of anilines is 1. The molecule has 18 heavy (non-hydrogen) atoms. The predicted octanol–water partition coefficient (Wildman–Crippen LogP) is 3.36. The van der Waals surface area contributed by atoms with Crippen molar-refractivity contribution in [1.82, 2.24) is 4.98 Å². The molecule has 0 fully saturated rings. The van der Waals surface area contributed by atoms with E-state index in [2.05, 4.69) is 4.98 Å². The fourth-order valence-corrected chi connectivity index (χ4v) is 1.74. The third-order valence-electron chi connectivity index (χ3n) is 2.52. The Bertz CT molecular complexity index is 717. The predicted molar refractivity (Wildman–Crippen MR) is 63.8 cm³/mol. The van der Waals surface area contributed by atoms with Gasteiger partial charge in [-0.25, -0.2) is 13.8 Å². The Morgan fingerprint density at radius 2 is 1.72 bits per heavy atom. The van der Waals surface area contributed by atoms with E-state index < -0.39 is 11.6 Å². The summed E-state index contributed by atoms with van der Waals surface area (Å²) in [7, 11) is 0. The Labute approximate surface area is 101 Å². The fraction of sp³-hybridized carbons (Fsp3) is 0. The molecule has 0 radical (unpaired) electrons. The van der Waals surface area contributed by atoms with Crippen LogP contribution in [0.4, 0.5) is 14.5 Å². The fourth-order valence-electron chi connectivity index (χ4n) is 1.74. The quantitative estimate of drug-likeness (QED) is 0.670. The smallest absolute Gasteiger partial charge is 0.227 e. The zero-order chi connectivity index (χ0) is 12.7. The van der Waals surface area contributed by atoms with Gasteiger partial charge >= 0.3 is 0 Å². The molecule has 2 N–H and O–H groups in total. The molecule has 3 nitrogen and oxygen atoms in total. The molecule has 2 aromatic carbocycles. The monoisotopic (exact) mass is 246 g/mol. The Hall–Kier alpha value is -2.43. The van der Waals surface area contributed by atoms with Gasteiger partial charge in [-0.2, -0.15) is 0 Å². The van der Waals surface area contributed by atoms with Crippen LogP contribution in [0.25, 0.3) is 22.6 Å². The standard InChI is InChI=1S/C13H8F2N2O/c14-8-3-7(4-9(15)5-8)13-17-11-2-1-10(16)6-12(11)18-13/h1-6H,16H2. The molecular weight excluding hydrogens is 238 g/mol. The van der Waals surface area contributed by atoms with E-state index in [1.165, 1.54) is 0 Å². The molecule has 0 aliphatic carbocycles. The lowest BCUT2D eigenvalue weighted by atomic mass is 10.2. The zero-order valence-electron chi connectivity index (χ0n) is 9.15. The van der Waals surface area contributed by atoms with E-state index in [0.29, 0.717) is 16.8 Å². The third kappa shape index (κ3) is 1.79. The van der Waals surface area contributed by atoms with Gasteiger partial charge in [0.2, 0.25) is 5.89 Å². The van der Waals surface area contributed by atoms with Gasteiger partial charge in [0.25, 0.3) is 0 Å². The van der Waals surface area contributed by atoms with Crippen molar-refractivity contribution in [1.29, 1.82) is 0 Å². The van der Waals surface area contributed by atoms with Crippen LogP contribution in [0.5, 0.6) is 0 Å². The summed E-state index contributed by atoms with van der Waals surface area (Å²) in [5.74, 6) is -1.19. The van der Waals surface area contributed by atoms with E-state index in [4.69, 9.17) is 10.2 Å². The lowest BCUT2D eigenvalue weighted by Gasteiger charge is -1.96. The molecule has 0 saturated heterocycles. The highest BCUT2D eigenvalue weighted by atomic mass is 19.1. The number of nitrogens with zero attached hydrogens (tertiary/aromatic N) is 1. The number of aromatic nitrogens is 1. The summed E-state index contributed by atoms with van der Waals surface area (Å²) >= 11 is 0. The van der Waals surface area contributed by atoms with Crippen LogP contribution >= 0.6 is 0 Å². The molecule has 0 atom stereocenters. The maximum Gasteiger partial charge on any atom is 0.227 e. The van der Waals surface area contributed by atoms with E-state index in [1.54, 1.807) is 18.2 Å². The Kier molecular flexibility index (Phi) is 2.26. The second-order valence-corrected chi connectivity index (χ2v) is 3.90. The summed E-state index contributed by atoms with van der Waals surface area (Å²) < 4.78 is 31.6. The average molecular weight is 246 g/mol. The van der Waals surface area contributed by atoms with Crippen molar-refractivity contribution in [3.8, 4) is 11.5 Å². The van der Waals surface area contributed by atoms with Gasteiger partial charge in [-0.05, 0) is 24.3 Å². The highest BCUT2D eigenvalue weighted by molar-refractivity contribution is 5.79. The molecular formula is C13H8F2N2O. The molecule has 0 bridgehead atoms. The first-order valence-corrected chi connectivity index (χ1v) is 5.24. The summed E-state index contributed by atoms with van der Waals surface area (Å²) in [6.45, 7) is 0. The molecule has 0 aliphatic heterocycles. The minimum absolute atomic E-state index is 0.161. The molecule has 90 valence electrons. The number of halogens is 2. The van der Waals surface area contributed by atoms with Crippen molar-refractivity contribution < 1.29 is 13.2 Å². The largest absolute Gasteiger partial charge is 0.436 e. The Balaban J connectivity index is 2.19. The Morgan fingerprint density at radius 1 is 1.00 bits per heavy atom. The Morgan fingerprint density at radius 3 is 2.44 bits per heavy atom. The number of rotatable bonds is 1. The van der Waals surface area contributed by atoms with Gasteiger partial charge in [-0.15, -0.1) is 0 Å². The lowest BCUT2D eigenvalue weighted by Crippen LogP contribution is -1.83. The van der Waals surface area contributed by atoms with Gasteiger partial charge in [-0.1, -0.05) is 0 Å². The lowest BCUT2D eigenvalue weighted by molar-refractivity contribution is 0.578. The molecule has 1 aromatic heterocycles. The molecule has 5 heteroatoms. The molecule has 0 unspecified atom stereocenters. The first kappa shape index (κ1) is 10.7. The maximum absolute atomic E-state index is 13.1. The number of benzene rings is 2. The normalized spacial score (nSPS) is 11.0. The minimum Gasteiger partial charge on any atom is -0.436 e. The van der Waals surface area contributed by atoms with E-state index in [-0.39, 0.29) is 11.5 Å². The molecule has 3 rings (SSSR count). The zero-order valence-corrected chi connectivity index (χ0v) is 9.15. The van der Waals surface area contributed by atoms with E-state index in [9.17, 15) is 8.78 Å². The van der Waals surface area contributed by atoms with Crippen LogP contribution in [0, 0.1) is 11.6 Å². The second-order valence-electron chi connectivity index (χ2n) is 3.90.